The van der Waals surface area contributed by atoms with Crippen LogP contribution in [0.4, 0.5) is 13.2 Å². The molecule has 0 aromatic heterocycles. The van der Waals surface area contributed by atoms with Crippen LogP contribution in [0.3, 0.4) is 0 Å². The average molecular weight is 210 g/mol. The Morgan fingerprint density at radius 1 is 1.43 bits per heavy atom. The molecule has 5 heteroatoms. The van der Waals surface area contributed by atoms with Crippen molar-refractivity contribution in [2.24, 2.45) is 0 Å². The van der Waals surface area contributed by atoms with Crippen molar-refractivity contribution in [3.05, 3.63) is 12.2 Å². The Balaban J connectivity index is 3.79. The van der Waals surface area contributed by atoms with Crippen LogP contribution < -0.4 is 0 Å². The zero-order valence-corrected chi connectivity index (χ0v) is 7.99. The second kappa shape index (κ2) is 5.67. The number of rotatable bonds is 5. The molecular weight excluding hydrogens is 197 g/mol. The highest BCUT2D eigenvalue weighted by atomic mass is 19.4. The first-order chi connectivity index (χ1) is 6.37. The summed E-state index contributed by atoms with van der Waals surface area (Å²) in [6.07, 6.45) is -5.05. The van der Waals surface area contributed by atoms with Gasteiger partial charge in [-0.1, -0.05) is 13.5 Å². The molecule has 0 rings (SSSR count). The number of hydrogen-bond donors (Lipinski definition) is 0. The van der Waals surface area contributed by atoms with Gasteiger partial charge in [0.1, 0.15) is 0 Å². The van der Waals surface area contributed by atoms with Gasteiger partial charge in [-0.15, -0.1) is 0 Å². The molecule has 0 saturated heterocycles. The molecule has 0 aromatic rings. The van der Waals surface area contributed by atoms with E-state index in [4.69, 9.17) is 0 Å². The molecule has 0 fully saturated rings. The van der Waals surface area contributed by atoms with Gasteiger partial charge in [-0.3, -0.25) is 0 Å². The van der Waals surface area contributed by atoms with Crippen LogP contribution in [0, 0.1) is 0 Å². The molecule has 0 amide bonds. The Morgan fingerprint density at radius 3 is 2.43 bits per heavy atom. The van der Waals surface area contributed by atoms with Crippen LogP contribution in [-0.4, -0.2) is 18.8 Å². The van der Waals surface area contributed by atoms with E-state index in [1.165, 1.54) is 0 Å². The second-order valence-corrected chi connectivity index (χ2v) is 2.85. The molecule has 0 N–H and O–H groups in total. The van der Waals surface area contributed by atoms with Crippen molar-refractivity contribution in [1.29, 1.82) is 0 Å². The van der Waals surface area contributed by atoms with Gasteiger partial charge in [0.2, 0.25) is 0 Å². The smallest absolute Gasteiger partial charge is 0.389 e. The monoisotopic (exact) mass is 210 g/mol. The summed E-state index contributed by atoms with van der Waals surface area (Å²) in [6.45, 7) is 5.25. The summed E-state index contributed by atoms with van der Waals surface area (Å²) < 4.78 is 39.8. The van der Waals surface area contributed by atoms with Gasteiger partial charge < -0.3 is 4.74 Å². The number of halogens is 3. The molecule has 0 aliphatic rings. The van der Waals surface area contributed by atoms with Crippen LogP contribution in [0.15, 0.2) is 12.2 Å². The van der Waals surface area contributed by atoms with Crippen LogP contribution in [0.5, 0.6) is 0 Å². The number of carbonyl (C=O) groups excluding carboxylic acids is 1. The van der Waals surface area contributed by atoms with Crippen LogP contribution in [0.2, 0.25) is 0 Å². The molecule has 0 heterocycles. The summed E-state index contributed by atoms with van der Waals surface area (Å²) in [5, 5.41) is 0. The summed E-state index contributed by atoms with van der Waals surface area (Å²) in [4.78, 5) is 10.9. The van der Waals surface area contributed by atoms with Crippen LogP contribution in [0.1, 0.15) is 26.2 Å². The second-order valence-electron chi connectivity index (χ2n) is 2.85. The van der Waals surface area contributed by atoms with Crippen molar-refractivity contribution in [2.75, 3.05) is 6.61 Å². The van der Waals surface area contributed by atoms with Crippen molar-refractivity contribution in [2.45, 2.75) is 32.4 Å². The minimum atomic E-state index is -4.26. The van der Waals surface area contributed by atoms with E-state index in [9.17, 15) is 18.0 Å². The Labute approximate surface area is 80.7 Å². The molecule has 2 nitrogen and oxygen atoms in total. The van der Waals surface area contributed by atoms with Crippen molar-refractivity contribution in [1.82, 2.24) is 0 Å². The van der Waals surface area contributed by atoms with E-state index in [1.54, 1.807) is 6.92 Å². The van der Waals surface area contributed by atoms with Gasteiger partial charge in [-0.25, -0.2) is 4.79 Å². The first kappa shape index (κ1) is 13.0. The molecule has 0 unspecified atom stereocenters. The molecule has 0 atom stereocenters. The first-order valence-electron chi connectivity index (χ1n) is 4.28. The third kappa shape index (κ3) is 6.51. The maximum Gasteiger partial charge on any atom is 0.389 e. The third-order valence-electron chi connectivity index (χ3n) is 1.44. The summed E-state index contributed by atoms with van der Waals surface area (Å²) in [5.74, 6) is -0.740. The Bertz CT molecular complexity index is 209. The van der Waals surface area contributed by atoms with E-state index in [1.807, 2.05) is 0 Å². The van der Waals surface area contributed by atoms with Crippen LogP contribution in [-0.2, 0) is 9.53 Å². The normalized spacial score (nSPS) is 11.1. The van der Waals surface area contributed by atoms with Gasteiger partial charge in [0.25, 0.3) is 0 Å². The van der Waals surface area contributed by atoms with Crippen LogP contribution >= 0.6 is 0 Å². The number of hydrogen-bond acceptors (Lipinski definition) is 2. The van der Waals surface area contributed by atoms with E-state index in [0.29, 0.717) is 6.42 Å². The highest BCUT2D eigenvalue weighted by Crippen LogP contribution is 2.23. The lowest BCUT2D eigenvalue weighted by Crippen LogP contribution is -2.12. The number of ether oxygens (including phenoxy) is 1. The fourth-order valence-electron chi connectivity index (χ4n) is 0.692. The van der Waals surface area contributed by atoms with Crippen molar-refractivity contribution < 1.29 is 22.7 Å². The molecule has 0 radical (unpaired) electrons. The van der Waals surface area contributed by atoms with Gasteiger partial charge in [0, 0.05) is 12.0 Å². The largest absolute Gasteiger partial charge is 0.462 e. The SMILES string of the molecule is C=C(CCC(F)(F)F)C(=O)OCCC. The topological polar surface area (TPSA) is 26.3 Å². The molecule has 0 aliphatic heterocycles. The molecular formula is C9H13F3O2. The maximum absolute atomic E-state index is 11.7. The van der Waals surface area contributed by atoms with Crippen LogP contribution in [0.25, 0.3) is 0 Å². The number of esters is 1. The van der Waals surface area contributed by atoms with E-state index < -0.39 is 25.0 Å². The highest BCUT2D eigenvalue weighted by molar-refractivity contribution is 5.87. The van der Waals surface area contributed by atoms with E-state index in [-0.39, 0.29) is 12.2 Å². The minimum Gasteiger partial charge on any atom is -0.462 e. The molecule has 82 valence electrons. The summed E-state index contributed by atoms with van der Waals surface area (Å²) >= 11 is 0. The minimum absolute atomic E-state index is 0.129. The third-order valence-corrected chi connectivity index (χ3v) is 1.44. The molecule has 0 aromatic carbocycles. The van der Waals surface area contributed by atoms with Gasteiger partial charge in [-0.05, 0) is 12.8 Å². The summed E-state index contributed by atoms with van der Waals surface area (Å²) in [7, 11) is 0. The first-order valence-corrected chi connectivity index (χ1v) is 4.28. The highest BCUT2D eigenvalue weighted by Gasteiger charge is 2.27. The van der Waals surface area contributed by atoms with Gasteiger partial charge in [0.15, 0.2) is 0 Å². The predicted octanol–water partition coefficient (Wildman–Crippen LogP) is 2.84. The zero-order chi connectivity index (χ0) is 11.2. The van der Waals surface area contributed by atoms with E-state index in [2.05, 4.69) is 11.3 Å². The van der Waals surface area contributed by atoms with E-state index >= 15 is 0 Å². The van der Waals surface area contributed by atoms with E-state index in [0.717, 1.165) is 0 Å². The standard InChI is InChI=1S/C9H13F3O2/c1-3-6-14-8(13)7(2)4-5-9(10,11)12/h2-6H2,1H3. The quantitative estimate of drug-likeness (QED) is 0.515. The lowest BCUT2D eigenvalue weighted by Gasteiger charge is -2.07. The molecule has 0 aliphatic carbocycles. The van der Waals surface area contributed by atoms with Gasteiger partial charge >= 0.3 is 12.1 Å². The maximum atomic E-state index is 11.7. The number of alkyl halides is 3. The Kier molecular flexibility index (Phi) is 5.27. The zero-order valence-electron chi connectivity index (χ0n) is 7.99. The van der Waals surface area contributed by atoms with Crippen molar-refractivity contribution in [3.8, 4) is 0 Å². The fraction of sp³-hybridized carbons (Fsp3) is 0.667. The lowest BCUT2D eigenvalue weighted by molar-refractivity contribution is -0.141. The van der Waals surface area contributed by atoms with Crippen molar-refractivity contribution in [3.63, 3.8) is 0 Å². The molecule has 0 bridgehead atoms. The fourth-order valence-corrected chi connectivity index (χ4v) is 0.692. The lowest BCUT2D eigenvalue weighted by atomic mass is 10.1. The summed E-state index contributed by atoms with van der Waals surface area (Å²) in [6, 6.07) is 0. The predicted molar refractivity (Wildman–Crippen MR) is 45.7 cm³/mol. The average Bonchev–Trinajstić information content (AvgIpc) is 2.09. The molecule has 0 spiro atoms. The Hall–Kier alpha value is -1.00. The van der Waals surface area contributed by atoms with Gasteiger partial charge in [-0.2, -0.15) is 13.2 Å². The Morgan fingerprint density at radius 2 is 2.00 bits per heavy atom. The van der Waals surface area contributed by atoms with Crippen molar-refractivity contribution >= 4 is 5.97 Å². The van der Waals surface area contributed by atoms with Gasteiger partial charge in [0.05, 0.1) is 6.61 Å². The number of carbonyl (C=O) groups is 1. The molecule has 0 saturated carbocycles. The molecule has 14 heavy (non-hydrogen) atoms. The summed E-state index contributed by atoms with van der Waals surface area (Å²) in [5.41, 5.74) is -0.129.